The van der Waals surface area contributed by atoms with Crippen molar-refractivity contribution in [3.8, 4) is 0 Å². The third-order valence-corrected chi connectivity index (χ3v) is 3.29. The molecule has 0 saturated heterocycles. The van der Waals surface area contributed by atoms with Gasteiger partial charge >= 0.3 is 0 Å². The first-order valence-corrected chi connectivity index (χ1v) is 5.73. The van der Waals surface area contributed by atoms with Gasteiger partial charge in [0.1, 0.15) is 0 Å². The minimum Gasteiger partial charge on any atom is -0.324 e. The van der Waals surface area contributed by atoms with E-state index in [9.17, 15) is 0 Å². The zero-order valence-corrected chi connectivity index (χ0v) is 10.5. The van der Waals surface area contributed by atoms with Crippen LogP contribution in [-0.4, -0.2) is 9.78 Å². The van der Waals surface area contributed by atoms with Crippen LogP contribution in [0.15, 0.2) is 0 Å². The van der Waals surface area contributed by atoms with E-state index >= 15 is 0 Å². The Bertz CT molecular complexity index is 328. The number of rotatable bonds is 4. The van der Waals surface area contributed by atoms with Gasteiger partial charge in [0.15, 0.2) is 0 Å². The standard InChI is InChI=1S/C12H23N3/c1-6-8(2)7-11(13)12-9(3)14-15(5)10(12)4/h8,11H,6-7,13H2,1-5H3. The van der Waals surface area contributed by atoms with Crippen molar-refractivity contribution in [3.05, 3.63) is 17.0 Å². The molecule has 0 bridgehead atoms. The average molecular weight is 209 g/mol. The summed E-state index contributed by atoms with van der Waals surface area (Å²) in [6.45, 7) is 8.59. The van der Waals surface area contributed by atoms with Crippen LogP contribution in [0.5, 0.6) is 0 Å². The molecule has 0 aliphatic rings. The number of hydrogen-bond donors (Lipinski definition) is 1. The molecule has 1 aromatic heterocycles. The quantitative estimate of drug-likeness (QED) is 0.828. The van der Waals surface area contributed by atoms with Gasteiger partial charge in [0, 0.05) is 24.3 Å². The van der Waals surface area contributed by atoms with Gasteiger partial charge in [0.2, 0.25) is 0 Å². The molecule has 3 nitrogen and oxygen atoms in total. The van der Waals surface area contributed by atoms with Crippen LogP contribution in [0.25, 0.3) is 0 Å². The highest BCUT2D eigenvalue weighted by molar-refractivity contribution is 5.27. The van der Waals surface area contributed by atoms with Gasteiger partial charge in [0.25, 0.3) is 0 Å². The van der Waals surface area contributed by atoms with E-state index < -0.39 is 0 Å². The van der Waals surface area contributed by atoms with Crippen LogP contribution >= 0.6 is 0 Å². The summed E-state index contributed by atoms with van der Waals surface area (Å²) >= 11 is 0. The first kappa shape index (κ1) is 12.2. The van der Waals surface area contributed by atoms with Gasteiger partial charge in [-0.15, -0.1) is 0 Å². The summed E-state index contributed by atoms with van der Waals surface area (Å²) in [4.78, 5) is 0. The molecule has 15 heavy (non-hydrogen) atoms. The fourth-order valence-electron chi connectivity index (χ4n) is 2.04. The first-order valence-electron chi connectivity index (χ1n) is 5.73. The van der Waals surface area contributed by atoms with Crippen LogP contribution in [0.1, 0.15) is 49.7 Å². The molecular weight excluding hydrogens is 186 g/mol. The first-order chi connectivity index (χ1) is 6.97. The van der Waals surface area contributed by atoms with Crippen LogP contribution in [-0.2, 0) is 7.05 Å². The molecule has 0 spiro atoms. The molecule has 2 N–H and O–H groups in total. The minimum atomic E-state index is 0.133. The maximum Gasteiger partial charge on any atom is 0.0644 e. The Morgan fingerprint density at radius 2 is 2.00 bits per heavy atom. The summed E-state index contributed by atoms with van der Waals surface area (Å²) in [5.41, 5.74) is 9.74. The normalized spacial score (nSPS) is 15.3. The third-order valence-electron chi connectivity index (χ3n) is 3.29. The summed E-state index contributed by atoms with van der Waals surface area (Å²) in [7, 11) is 1.97. The topological polar surface area (TPSA) is 43.8 Å². The zero-order valence-electron chi connectivity index (χ0n) is 10.5. The van der Waals surface area contributed by atoms with Crippen LogP contribution in [0.4, 0.5) is 0 Å². The Morgan fingerprint density at radius 3 is 2.40 bits per heavy atom. The fourth-order valence-corrected chi connectivity index (χ4v) is 2.04. The van der Waals surface area contributed by atoms with Crippen LogP contribution in [0.3, 0.4) is 0 Å². The van der Waals surface area contributed by atoms with E-state index in [2.05, 4.69) is 25.9 Å². The van der Waals surface area contributed by atoms with Gasteiger partial charge in [-0.25, -0.2) is 0 Å². The molecule has 0 aliphatic heterocycles. The Labute approximate surface area is 92.7 Å². The Balaban J connectivity index is 2.86. The van der Waals surface area contributed by atoms with Gasteiger partial charge in [0.05, 0.1) is 5.69 Å². The van der Waals surface area contributed by atoms with Crippen LogP contribution < -0.4 is 5.73 Å². The molecule has 0 saturated carbocycles. The van der Waals surface area contributed by atoms with E-state index in [-0.39, 0.29) is 6.04 Å². The monoisotopic (exact) mass is 209 g/mol. The van der Waals surface area contributed by atoms with Crippen molar-refractivity contribution in [2.24, 2.45) is 18.7 Å². The van der Waals surface area contributed by atoms with Crippen molar-refractivity contribution in [2.45, 2.75) is 46.6 Å². The second kappa shape index (κ2) is 4.79. The molecule has 0 amide bonds. The Hall–Kier alpha value is -0.830. The van der Waals surface area contributed by atoms with E-state index in [1.54, 1.807) is 0 Å². The second-order valence-electron chi connectivity index (χ2n) is 4.56. The number of hydrogen-bond acceptors (Lipinski definition) is 2. The summed E-state index contributed by atoms with van der Waals surface area (Å²) in [6.07, 6.45) is 2.23. The zero-order chi connectivity index (χ0) is 11.6. The smallest absolute Gasteiger partial charge is 0.0644 e. The maximum absolute atomic E-state index is 6.23. The summed E-state index contributed by atoms with van der Waals surface area (Å²) < 4.78 is 1.92. The van der Waals surface area contributed by atoms with E-state index in [4.69, 9.17) is 5.73 Å². The molecule has 1 heterocycles. The minimum absolute atomic E-state index is 0.133. The summed E-state index contributed by atoms with van der Waals surface area (Å²) in [5, 5.41) is 4.40. The molecule has 3 heteroatoms. The molecule has 0 radical (unpaired) electrons. The molecule has 2 atom stereocenters. The van der Waals surface area contributed by atoms with Crippen LogP contribution in [0.2, 0.25) is 0 Å². The van der Waals surface area contributed by atoms with Crippen molar-refractivity contribution < 1.29 is 0 Å². The van der Waals surface area contributed by atoms with E-state index in [1.807, 2.05) is 18.7 Å². The molecule has 0 aliphatic carbocycles. The fraction of sp³-hybridized carbons (Fsp3) is 0.750. The molecule has 0 fully saturated rings. The number of aryl methyl sites for hydroxylation is 2. The van der Waals surface area contributed by atoms with E-state index in [0.717, 1.165) is 12.1 Å². The summed E-state index contributed by atoms with van der Waals surface area (Å²) in [5.74, 6) is 0.680. The maximum atomic E-state index is 6.23. The lowest BCUT2D eigenvalue weighted by atomic mass is 9.94. The lowest BCUT2D eigenvalue weighted by Crippen LogP contribution is -2.15. The number of nitrogens with zero attached hydrogens (tertiary/aromatic N) is 2. The van der Waals surface area contributed by atoms with Crippen molar-refractivity contribution in [1.82, 2.24) is 9.78 Å². The Kier molecular flexibility index (Phi) is 3.91. The lowest BCUT2D eigenvalue weighted by Gasteiger charge is -2.16. The van der Waals surface area contributed by atoms with Gasteiger partial charge in [-0.05, 0) is 26.2 Å². The van der Waals surface area contributed by atoms with E-state index in [1.165, 1.54) is 17.7 Å². The van der Waals surface area contributed by atoms with Gasteiger partial charge in [-0.2, -0.15) is 5.10 Å². The molecule has 86 valence electrons. The van der Waals surface area contributed by atoms with Crippen molar-refractivity contribution >= 4 is 0 Å². The van der Waals surface area contributed by atoms with E-state index in [0.29, 0.717) is 5.92 Å². The average Bonchev–Trinajstić information content (AvgIpc) is 2.41. The summed E-state index contributed by atoms with van der Waals surface area (Å²) in [6, 6.07) is 0.133. The highest BCUT2D eigenvalue weighted by Gasteiger charge is 2.18. The molecule has 1 rings (SSSR count). The molecule has 2 unspecified atom stereocenters. The SMILES string of the molecule is CCC(C)CC(N)c1c(C)nn(C)c1C. The molecule has 0 aromatic carbocycles. The second-order valence-corrected chi connectivity index (χ2v) is 4.56. The number of nitrogens with two attached hydrogens (primary N) is 1. The highest BCUT2D eigenvalue weighted by atomic mass is 15.3. The van der Waals surface area contributed by atoms with Crippen molar-refractivity contribution in [2.75, 3.05) is 0 Å². The predicted molar refractivity (Wildman–Crippen MR) is 63.7 cm³/mol. The van der Waals surface area contributed by atoms with Gasteiger partial charge in [-0.1, -0.05) is 20.3 Å². The van der Waals surface area contributed by atoms with Crippen molar-refractivity contribution in [1.29, 1.82) is 0 Å². The predicted octanol–water partition coefficient (Wildman–Crippen LogP) is 2.47. The Morgan fingerprint density at radius 1 is 1.40 bits per heavy atom. The number of aromatic nitrogens is 2. The largest absolute Gasteiger partial charge is 0.324 e. The lowest BCUT2D eigenvalue weighted by molar-refractivity contribution is 0.459. The van der Waals surface area contributed by atoms with Crippen molar-refractivity contribution in [3.63, 3.8) is 0 Å². The molecule has 1 aromatic rings. The van der Waals surface area contributed by atoms with Gasteiger partial charge < -0.3 is 5.73 Å². The van der Waals surface area contributed by atoms with Crippen LogP contribution in [0, 0.1) is 19.8 Å². The highest BCUT2D eigenvalue weighted by Crippen LogP contribution is 2.25. The molecular formula is C12H23N3. The van der Waals surface area contributed by atoms with Gasteiger partial charge in [-0.3, -0.25) is 4.68 Å². The third kappa shape index (κ3) is 2.59.